The zero-order valence-corrected chi connectivity index (χ0v) is 12.5. The molecule has 6 heteroatoms. The number of rotatable bonds is 6. The van der Waals surface area contributed by atoms with Crippen LogP contribution in [0.4, 0.5) is 0 Å². The van der Waals surface area contributed by atoms with Crippen LogP contribution in [0.1, 0.15) is 29.8 Å². The van der Waals surface area contributed by atoms with E-state index in [2.05, 4.69) is 5.32 Å². The molecule has 0 unspecified atom stereocenters. The van der Waals surface area contributed by atoms with E-state index >= 15 is 0 Å². The summed E-state index contributed by atoms with van der Waals surface area (Å²) < 4.78 is 0. The molecular weight excluding hydrogens is 274 g/mol. The molecule has 0 heterocycles. The van der Waals surface area contributed by atoms with Gasteiger partial charge < -0.3 is 16.0 Å². The smallest absolute Gasteiger partial charge is 0.254 e. The Bertz CT molecular complexity index is 500. The maximum absolute atomic E-state index is 12.3. The minimum Gasteiger partial charge on any atom is -0.389 e. The van der Waals surface area contributed by atoms with Crippen LogP contribution in [0.15, 0.2) is 24.3 Å². The number of hydrogen-bond donors (Lipinski definition) is 2. The van der Waals surface area contributed by atoms with Crippen LogP contribution in [0.5, 0.6) is 0 Å². The summed E-state index contributed by atoms with van der Waals surface area (Å²) in [4.78, 5) is 25.6. The van der Waals surface area contributed by atoms with Crippen LogP contribution in [-0.2, 0) is 4.79 Å². The van der Waals surface area contributed by atoms with Gasteiger partial charge in [0, 0.05) is 24.2 Å². The van der Waals surface area contributed by atoms with Crippen molar-refractivity contribution in [3.05, 3.63) is 35.4 Å². The highest BCUT2D eigenvalue weighted by molar-refractivity contribution is 7.80. The lowest BCUT2D eigenvalue weighted by Crippen LogP contribution is -2.40. The first-order valence-corrected chi connectivity index (χ1v) is 6.86. The van der Waals surface area contributed by atoms with Crippen molar-refractivity contribution in [2.45, 2.75) is 13.8 Å². The van der Waals surface area contributed by atoms with Crippen molar-refractivity contribution in [3.8, 4) is 0 Å². The van der Waals surface area contributed by atoms with E-state index in [1.54, 1.807) is 24.3 Å². The number of amides is 2. The van der Waals surface area contributed by atoms with Gasteiger partial charge in [0.15, 0.2) is 0 Å². The monoisotopic (exact) mass is 293 g/mol. The fraction of sp³-hybridized carbons (Fsp3) is 0.357. The molecule has 20 heavy (non-hydrogen) atoms. The third-order valence-corrected chi connectivity index (χ3v) is 3.03. The topological polar surface area (TPSA) is 75.4 Å². The Balaban J connectivity index is 2.80. The SMILES string of the molecule is CCNC(=O)CN(CC)C(=O)c1ccc(C(N)=S)cc1. The number of carbonyl (C=O) groups excluding carboxylic acids is 2. The van der Waals surface area contributed by atoms with Crippen LogP contribution < -0.4 is 11.1 Å². The first kappa shape index (κ1) is 16.1. The van der Waals surface area contributed by atoms with Gasteiger partial charge in [0.2, 0.25) is 5.91 Å². The van der Waals surface area contributed by atoms with E-state index < -0.39 is 0 Å². The Morgan fingerprint density at radius 2 is 1.75 bits per heavy atom. The molecule has 0 saturated carbocycles. The fourth-order valence-corrected chi connectivity index (χ4v) is 1.85. The molecule has 0 radical (unpaired) electrons. The van der Waals surface area contributed by atoms with Crippen LogP contribution in [0.3, 0.4) is 0 Å². The lowest BCUT2D eigenvalue weighted by Gasteiger charge is -2.20. The molecule has 2 amide bonds. The highest BCUT2D eigenvalue weighted by Gasteiger charge is 2.16. The molecule has 0 aliphatic heterocycles. The molecule has 108 valence electrons. The highest BCUT2D eigenvalue weighted by Crippen LogP contribution is 2.08. The largest absolute Gasteiger partial charge is 0.389 e. The van der Waals surface area contributed by atoms with E-state index in [-0.39, 0.29) is 18.4 Å². The quantitative estimate of drug-likeness (QED) is 0.765. The molecule has 0 fully saturated rings. The minimum atomic E-state index is -0.187. The van der Waals surface area contributed by atoms with Crippen molar-refractivity contribution in [2.75, 3.05) is 19.6 Å². The van der Waals surface area contributed by atoms with Crippen molar-refractivity contribution >= 4 is 29.0 Å². The molecule has 5 nitrogen and oxygen atoms in total. The summed E-state index contributed by atoms with van der Waals surface area (Å²) in [7, 11) is 0. The summed E-state index contributed by atoms with van der Waals surface area (Å²) in [5, 5.41) is 2.67. The van der Waals surface area contributed by atoms with E-state index in [9.17, 15) is 9.59 Å². The molecule has 3 N–H and O–H groups in total. The molecule has 0 saturated heterocycles. The molecule has 0 aromatic heterocycles. The van der Waals surface area contributed by atoms with Crippen LogP contribution in [0, 0.1) is 0 Å². The molecule has 0 atom stereocenters. The third kappa shape index (κ3) is 4.31. The normalized spacial score (nSPS) is 9.90. The van der Waals surface area contributed by atoms with Crippen molar-refractivity contribution in [2.24, 2.45) is 5.73 Å². The summed E-state index contributed by atoms with van der Waals surface area (Å²) in [5.41, 5.74) is 6.73. The zero-order valence-electron chi connectivity index (χ0n) is 11.7. The third-order valence-electron chi connectivity index (χ3n) is 2.79. The van der Waals surface area contributed by atoms with Crippen molar-refractivity contribution in [1.82, 2.24) is 10.2 Å². The van der Waals surface area contributed by atoms with Crippen LogP contribution in [-0.4, -0.2) is 41.3 Å². The van der Waals surface area contributed by atoms with Gasteiger partial charge in [0.1, 0.15) is 4.99 Å². The Labute approximate surface area is 124 Å². The number of nitrogens with one attached hydrogen (secondary N) is 1. The van der Waals surface area contributed by atoms with Crippen LogP contribution in [0.2, 0.25) is 0 Å². The molecule has 0 spiro atoms. The van der Waals surface area contributed by atoms with Gasteiger partial charge in [-0.25, -0.2) is 0 Å². The predicted molar refractivity (Wildman–Crippen MR) is 82.6 cm³/mol. The Hall–Kier alpha value is -1.95. The lowest BCUT2D eigenvalue weighted by atomic mass is 10.1. The Kier molecular flexibility index (Phi) is 6.11. The molecule has 0 bridgehead atoms. The number of benzene rings is 1. The summed E-state index contributed by atoms with van der Waals surface area (Å²) in [6.45, 7) is 4.74. The maximum Gasteiger partial charge on any atom is 0.254 e. The second-order valence-electron chi connectivity index (χ2n) is 4.21. The first-order chi connectivity index (χ1) is 9.49. The Morgan fingerprint density at radius 1 is 1.20 bits per heavy atom. The molecular formula is C14H19N3O2S. The van der Waals surface area contributed by atoms with Crippen molar-refractivity contribution in [1.29, 1.82) is 0 Å². The number of thiocarbonyl (C=S) groups is 1. The zero-order chi connectivity index (χ0) is 15.1. The predicted octanol–water partition coefficient (Wildman–Crippen LogP) is 0.919. The van der Waals surface area contributed by atoms with Gasteiger partial charge in [-0.15, -0.1) is 0 Å². The van der Waals surface area contributed by atoms with Crippen molar-refractivity contribution < 1.29 is 9.59 Å². The minimum absolute atomic E-state index is 0.0558. The van der Waals surface area contributed by atoms with E-state index in [0.29, 0.717) is 29.2 Å². The Morgan fingerprint density at radius 3 is 2.20 bits per heavy atom. The average molecular weight is 293 g/mol. The van der Waals surface area contributed by atoms with Gasteiger partial charge in [-0.3, -0.25) is 9.59 Å². The van der Waals surface area contributed by atoms with E-state index in [0.717, 1.165) is 0 Å². The first-order valence-electron chi connectivity index (χ1n) is 6.45. The van der Waals surface area contributed by atoms with Gasteiger partial charge in [-0.1, -0.05) is 24.4 Å². The maximum atomic E-state index is 12.3. The lowest BCUT2D eigenvalue weighted by molar-refractivity contribution is -0.121. The van der Waals surface area contributed by atoms with Gasteiger partial charge in [0.05, 0.1) is 6.54 Å². The second-order valence-corrected chi connectivity index (χ2v) is 4.65. The molecule has 0 aliphatic rings. The molecule has 0 aliphatic carbocycles. The second kappa shape index (κ2) is 7.59. The van der Waals surface area contributed by atoms with Gasteiger partial charge in [0.25, 0.3) is 5.91 Å². The van der Waals surface area contributed by atoms with Gasteiger partial charge >= 0.3 is 0 Å². The van der Waals surface area contributed by atoms with Crippen LogP contribution >= 0.6 is 12.2 Å². The fourth-order valence-electron chi connectivity index (χ4n) is 1.71. The highest BCUT2D eigenvalue weighted by atomic mass is 32.1. The van der Waals surface area contributed by atoms with Crippen molar-refractivity contribution in [3.63, 3.8) is 0 Å². The van der Waals surface area contributed by atoms with E-state index in [4.69, 9.17) is 18.0 Å². The van der Waals surface area contributed by atoms with Gasteiger partial charge in [-0.2, -0.15) is 0 Å². The standard InChI is InChI=1S/C14H19N3O2S/c1-3-16-12(18)9-17(4-2)14(19)11-7-5-10(6-8-11)13(15)20/h5-8H,3-4,9H2,1-2H3,(H2,15,20)(H,16,18). The number of nitrogens with two attached hydrogens (primary N) is 1. The summed E-state index contributed by atoms with van der Waals surface area (Å²) in [6, 6.07) is 6.74. The number of nitrogens with zero attached hydrogens (tertiary/aromatic N) is 1. The van der Waals surface area contributed by atoms with E-state index in [1.807, 2.05) is 13.8 Å². The number of likely N-dealkylation sites (N-methyl/N-ethyl adjacent to an activating group) is 2. The summed E-state index contributed by atoms with van der Waals surface area (Å²) >= 11 is 4.86. The van der Waals surface area contributed by atoms with E-state index in [1.165, 1.54) is 4.90 Å². The summed E-state index contributed by atoms with van der Waals surface area (Å²) in [6.07, 6.45) is 0. The number of carbonyl (C=O) groups is 2. The average Bonchev–Trinajstić information content (AvgIpc) is 2.44. The van der Waals surface area contributed by atoms with Crippen LogP contribution in [0.25, 0.3) is 0 Å². The molecule has 1 rings (SSSR count). The molecule has 1 aromatic carbocycles. The number of hydrogen-bond acceptors (Lipinski definition) is 3. The molecule has 1 aromatic rings. The summed E-state index contributed by atoms with van der Waals surface area (Å²) in [5.74, 6) is -0.351. The van der Waals surface area contributed by atoms with Gasteiger partial charge in [-0.05, 0) is 26.0 Å².